The predicted molar refractivity (Wildman–Crippen MR) is 61.3 cm³/mol. The van der Waals surface area contributed by atoms with Crippen molar-refractivity contribution in [2.45, 2.75) is 13.5 Å². The van der Waals surface area contributed by atoms with Gasteiger partial charge in [0.25, 0.3) is 0 Å². The van der Waals surface area contributed by atoms with Crippen LogP contribution in [0.15, 0.2) is 35.0 Å². The molecule has 7 heteroatoms. The summed E-state index contributed by atoms with van der Waals surface area (Å²) in [5.74, 6) is 0.411. The van der Waals surface area contributed by atoms with Crippen LogP contribution in [0.25, 0.3) is 11.6 Å². The highest BCUT2D eigenvalue weighted by Gasteiger charge is 2.12. The number of hydrogen-bond acceptors (Lipinski definition) is 6. The van der Waals surface area contributed by atoms with Gasteiger partial charge in [-0.25, -0.2) is 4.79 Å². The summed E-state index contributed by atoms with van der Waals surface area (Å²) in [6, 6.07) is 3.45. The van der Waals surface area contributed by atoms with Crippen molar-refractivity contribution in [3.05, 3.63) is 30.5 Å². The minimum atomic E-state index is -0.464. The molecule has 0 aliphatic rings. The molecule has 2 heterocycles. The fourth-order valence-corrected chi connectivity index (χ4v) is 1.28. The second kappa shape index (κ2) is 5.26. The van der Waals surface area contributed by atoms with Crippen molar-refractivity contribution in [3.8, 4) is 11.6 Å². The first kappa shape index (κ1) is 12.0. The lowest BCUT2D eigenvalue weighted by Gasteiger charge is -2.03. The summed E-state index contributed by atoms with van der Waals surface area (Å²) in [5.41, 5.74) is 0.264. The van der Waals surface area contributed by atoms with Crippen LogP contribution in [-0.4, -0.2) is 32.8 Å². The van der Waals surface area contributed by atoms with E-state index in [0.29, 0.717) is 18.2 Å². The molecule has 0 radical (unpaired) electrons. The first-order valence-corrected chi connectivity index (χ1v) is 5.37. The number of rotatable bonds is 5. The molecule has 0 fully saturated rings. The maximum absolute atomic E-state index is 11.4. The molecule has 0 aliphatic heterocycles. The highest BCUT2D eigenvalue weighted by atomic mass is 16.5. The summed E-state index contributed by atoms with van der Waals surface area (Å²) in [7, 11) is 0. The molecule has 7 nitrogen and oxygen atoms in total. The van der Waals surface area contributed by atoms with Crippen LogP contribution in [0.5, 0.6) is 0 Å². The van der Waals surface area contributed by atoms with E-state index in [1.165, 1.54) is 11.1 Å². The molecule has 0 atom stereocenters. The number of ether oxygens (including phenoxy) is 1. The molecule has 18 heavy (non-hydrogen) atoms. The Morgan fingerprint density at radius 3 is 3.11 bits per heavy atom. The van der Waals surface area contributed by atoms with Crippen molar-refractivity contribution in [1.29, 1.82) is 0 Å². The van der Waals surface area contributed by atoms with Gasteiger partial charge in [-0.05, 0) is 24.3 Å². The van der Waals surface area contributed by atoms with Gasteiger partial charge in [-0.2, -0.15) is 4.80 Å². The van der Waals surface area contributed by atoms with Crippen LogP contribution in [0.2, 0.25) is 0 Å². The fourth-order valence-electron chi connectivity index (χ4n) is 1.28. The summed E-state index contributed by atoms with van der Waals surface area (Å²) in [6.07, 6.45) is 1.52. The molecular weight excluding hydrogens is 236 g/mol. The number of nitrogens with zero attached hydrogens (tertiary/aromatic N) is 4. The molecule has 94 valence electrons. The van der Waals surface area contributed by atoms with Crippen molar-refractivity contribution in [3.63, 3.8) is 0 Å². The monoisotopic (exact) mass is 248 g/mol. The maximum Gasteiger partial charge on any atom is 0.335 e. The van der Waals surface area contributed by atoms with Gasteiger partial charge in [0, 0.05) is 0 Å². The molecule has 0 aliphatic carbocycles. The van der Waals surface area contributed by atoms with Crippen LogP contribution >= 0.6 is 0 Å². The summed E-state index contributed by atoms with van der Waals surface area (Å²) < 4.78 is 9.94. The summed E-state index contributed by atoms with van der Waals surface area (Å²) in [5, 5.41) is 11.7. The van der Waals surface area contributed by atoms with Gasteiger partial charge in [-0.3, -0.25) is 0 Å². The molecule has 2 aromatic rings. The van der Waals surface area contributed by atoms with Crippen LogP contribution in [0.3, 0.4) is 0 Å². The lowest BCUT2D eigenvalue weighted by molar-refractivity contribution is -0.138. The Labute approximate surface area is 103 Å². The SMILES string of the molecule is C=C(Cn1nnc(-c2ccco2)n1)C(=O)OCC. The second-order valence-corrected chi connectivity index (χ2v) is 3.44. The molecule has 2 rings (SSSR count). The molecule has 0 aromatic carbocycles. The van der Waals surface area contributed by atoms with E-state index in [0.717, 1.165) is 0 Å². The van der Waals surface area contributed by atoms with Gasteiger partial charge in [0.15, 0.2) is 5.76 Å². The Balaban J connectivity index is 2.03. The number of esters is 1. The van der Waals surface area contributed by atoms with E-state index in [9.17, 15) is 4.79 Å². The molecule has 0 unspecified atom stereocenters. The summed E-state index contributed by atoms with van der Waals surface area (Å²) >= 11 is 0. The zero-order chi connectivity index (χ0) is 13.0. The van der Waals surface area contributed by atoms with E-state index in [4.69, 9.17) is 9.15 Å². The zero-order valence-corrected chi connectivity index (χ0v) is 9.87. The van der Waals surface area contributed by atoms with Gasteiger partial charge in [0.2, 0.25) is 5.82 Å². The van der Waals surface area contributed by atoms with Gasteiger partial charge in [-0.15, -0.1) is 10.2 Å². The van der Waals surface area contributed by atoms with Gasteiger partial charge >= 0.3 is 5.97 Å². The number of tetrazole rings is 1. The molecule has 0 amide bonds. The first-order valence-electron chi connectivity index (χ1n) is 5.37. The van der Waals surface area contributed by atoms with E-state index in [1.54, 1.807) is 19.1 Å². The highest BCUT2D eigenvalue weighted by molar-refractivity contribution is 5.87. The third-order valence-corrected chi connectivity index (χ3v) is 2.09. The van der Waals surface area contributed by atoms with Gasteiger partial charge in [0.05, 0.1) is 25.0 Å². The minimum absolute atomic E-state index is 0.131. The van der Waals surface area contributed by atoms with Crippen molar-refractivity contribution < 1.29 is 13.9 Å². The Morgan fingerprint density at radius 1 is 1.61 bits per heavy atom. The van der Waals surface area contributed by atoms with Crippen molar-refractivity contribution in [2.24, 2.45) is 0 Å². The van der Waals surface area contributed by atoms with E-state index < -0.39 is 5.97 Å². The van der Waals surface area contributed by atoms with Crippen LogP contribution in [0.4, 0.5) is 0 Å². The lowest BCUT2D eigenvalue weighted by atomic mass is 10.3. The van der Waals surface area contributed by atoms with Gasteiger partial charge < -0.3 is 9.15 Å². The van der Waals surface area contributed by atoms with Crippen molar-refractivity contribution >= 4 is 5.97 Å². The number of aromatic nitrogens is 4. The molecule has 0 saturated heterocycles. The predicted octanol–water partition coefficient (Wildman–Crippen LogP) is 1.05. The quantitative estimate of drug-likeness (QED) is 0.581. The van der Waals surface area contributed by atoms with E-state index in [2.05, 4.69) is 22.0 Å². The van der Waals surface area contributed by atoms with Crippen LogP contribution in [-0.2, 0) is 16.1 Å². The van der Waals surface area contributed by atoms with Crippen LogP contribution < -0.4 is 0 Å². The topological polar surface area (TPSA) is 83.0 Å². The van der Waals surface area contributed by atoms with E-state index >= 15 is 0 Å². The van der Waals surface area contributed by atoms with Crippen molar-refractivity contribution in [2.75, 3.05) is 6.61 Å². The molecular formula is C11H12N4O3. The van der Waals surface area contributed by atoms with E-state index in [-0.39, 0.29) is 12.1 Å². The third-order valence-electron chi connectivity index (χ3n) is 2.09. The van der Waals surface area contributed by atoms with Gasteiger partial charge in [-0.1, -0.05) is 6.58 Å². The van der Waals surface area contributed by atoms with Gasteiger partial charge in [0.1, 0.15) is 0 Å². The van der Waals surface area contributed by atoms with Crippen LogP contribution in [0.1, 0.15) is 6.92 Å². The van der Waals surface area contributed by atoms with Crippen molar-refractivity contribution in [1.82, 2.24) is 20.2 Å². The van der Waals surface area contributed by atoms with Crippen LogP contribution in [0, 0.1) is 0 Å². The number of furan rings is 1. The average molecular weight is 248 g/mol. The maximum atomic E-state index is 11.4. The Morgan fingerprint density at radius 2 is 2.44 bits per heavy atom. The molecule has 0 N–H and O–H groups in total. The second-order valence-electron chi connectivity index (χ2n) is 3.44. The summed E-state index contributed by atoms with van der Waals surface area (Å²) in [4.78, 5) is 12.6. The third kappa shape index (κ3) is 2.62. The minimum Gasteiger partial charge on any atom is -0.463 e. The molecule has 2 aromatic heterocycles. The Bertz CT molecular complexity index is 544. The Hall–Kier alpha value is -2.44. The number of carbonyl (C=O) groups is 1. The first-order chi connectivity index (χ1) is 8.70. The number of hydrogen-bond donors (Lipinski definition) is 0. The highest BCUT2D eigenvalue weighted by Crippen LogP contribution is 2.13. The van der Waals surface area contributed by atoms with E-state index in [1.807, 2.05) is 0 Å². The standard InChI is InChI=1S/C11H12N4O3/c1-3-17-11(16)8(2)7-15-13-10(12-14-15)9-5-4-6-18-9/h4-6H,2-3,7H2,1H3. The molecule has 0 spiro atoms. The average Bonchev–Trinajstić information content (AvgIpc) is 2.98. The largest absolute Gasteiger partial charge is 0.463 e. The molecule has 0 saturated carbocycles. The summed E-state index contributed by atoms with van der Waals surface area (Å²) in [6.45, 7) is 5.78. The smallest absolute Gasteiger partial charge is 0.335 e. The Kier molecular flexibility index (Phi) is 3.52. The fraction of sp³-hybridized carbons (Fsp3) is 0.273. The normalized spacial score (nSPS) is 10.3. The lowest BCUT2D eigenvalue weighted by Crippen LogP contribution is -2.14. The number of carbonyl (C=O) groups excluding carboxylic acids is 1. The molecule has 0 bridgehead atoms. The zero-order valence-electron chi connectivity index (χ0n) is 9.87.